The lowest BCUT2D eigenvalue weighted by atomic mass is 10.1. The minimum atomic E-state index is -0.674. The van der Waals surface area contributed by atoms with Gasteiger partial charge in [-0.1, -0.05) is 42.3 Å². The van der Waals surface area contributed by atoms with Gasteiger partial charge in [0.25, 0.3) is 0 Å². The molecule has 0 heterocycles. The molecular formula is C24H30Cl2N2O4. The van der Waals surface area contributed by atoms with Crippen molar-refractivity contribution in [1.82, 2.24) is 10.2 Å². The van der Waals surface area contributed by atoms with Gasteiger partial charge in [0.15, 0.2) is 11.5 Å². The first-order chi connectivity index (χ1) is 15.3. The summed E-state index contributed by atoms with van der Waals surface area (Å²) in [7, 11) is 3.14. The summed E-state index contributed by atoms with van der Waals surface area (Å²) in [5.41, 5.74) is 1.54. The number of methoxy groups -OCH3 is 2. The van der Waals surface area contributed by atoms with Crippen molar-refractivity contribution in [1.29, 1.82) is 0 Å². The van der Waals surface area contributed by atoms with Crippen molar-refractivity contribution < 1.29 is 19.1 Å². The highest BCUT2D eigenvalue weighted by molar-refractivity contribution is 6.36. The molecule has 0 fully saturated rings. The highest BCUT2D eigenvalue weighted by Gasteiger charge is 2.27. The van der Waals surface area contributed by atoms with E-state index < -0.39 is 6.04 Å². The Morgan fingerprint density at radius 3 is 2.31 bits per heavy atom. The summed E-state index contributed by atoms with van der Waals surface area (Å²) in [4.78, 5) is 27.4. The Bertz CT molecular complexity index is 916. The third-order valence-corrected chi connectivity index (χ3v) is 5.89. The highest BCUT2D eigenvalue weighted by atomic mass is 35.5. The zero-order chi connectivity index (χ0) is 23.7. The number of nitrogens with zero attached hydrogens (tertiary/aromatic N) is 1. The number of halogens is 2. The molecule has 2 aromatic rings. The molecule has 6 nitrogen and oxygen atoms in total. The van der Waals surface area contributed by atoms with Gasteiger partial charge in [0.2, 0.25) is 11.8 Å². The van der Waals surface area contributed by atoms with Crippen molar-refractivity contribution in [3.8, 4) is 11.5 Å². The summed E-state index contributed by atoms with van der Waals surface area (Å²) in [5, 5.41) is 3.76. The van der Waals surface area contributed by atoms with Crippen molar-refractivity contribution >= 4 is 35.0 Å². The van der Waals surface area contributed by atoms with Gasteiger partial charge in [0.1, 0.15) is 6.04 Å². The van der Waals surface area contributed by atoms with E-state index in [2.05, 4.69) is 5.32 Å². The van der Waals surface area contributed by atoms with Gasteiger partial charge < -0.3 is 19.7 Å². The standard InChI is InChI=1S/C24H30Cl2N2O4/c1-5-13-27-24(30)16(2)28(15-18-19(25)7-6-8-20(18)26)23(29)12-10-17-9-11-21(31-3)22(14-17)32-4/h6-9,11,14,16H,5,10,12-13,15H2,1-4H3,(H,27,30)/t16-/m0/s1. The first kappa shape index (κ1) is 25.8. The summed E-state index contributed by atoms with van der Waals surface area (Å²) < 4.78 is 10.6. The van der Waals surface area contributed by atoms with Crippen LogP contribution in [0.1, 0.15) is 37.8 Å². The summed E-state index contributed by atoms with van der Waals surface area (Å²) in [6, 6.07) is 10.1. The Balaban J connectivity index is 2.22. The maximum absolute atomic E-state index is 13.2. The van der Waals surface area contributed by atoms with E-state index in [9.17, 15) is 9.59 Å². The largest absolute Gasteiger partial charge is 0.493 e. The van der Waals surface area contributed by atoms with Gasteiger partial charge >= 0.3 is 0 Å². The second-order valence-corrected chi connectivity index (χ2v) is 8.19. The Hall–Kier alpha value is -2.44. The van der Waals surface area contributed by atoms with Crippen LogP contribution in [-0.2, 0) is 22.6 Å². The average molecular weight is 481 g/mol. The first-order valence-corrected chi connectivity index (χ1v) is 11.3. The van der Waals surface area contributed by atoms with Gasteiger partial charge in [0.05, 0.1) is 14.2 Å². The second kappa shape index (κ2) is 12.6. The number of carbonyl (C=O) groups is 2. The number of benzene rings is 2. The van der Waals surface area contributed by atoms with Crippen LogP contribution in [0.3, 0.4) is 0 Å². The molecule has 1 atom stereocenters. The Morgan fingerprint density at radius 2 is 1.72 bits per heavy atom. The maximum atomic E-state index is 13.2. The minimum Gasteiger partial charge on any atom is -0.493 e. The molecule has 0 saturated carbocycles. The molecule has 0 aliphatic carbocycles. The zero-order valence-corrected chi connectivity index (χ0v) is 20.4. The SMILES string of the molecule is CCCNC(=O)[C@H](C)N(Cc1c(Cl)cccc1Cl)C(=O)CCc1ccc(OC)c(OC)c1. The summed E-state index contributed by atoms with van der Waals surface area (Å²) in [6.07, 6.45) is 1.50. The summed E-state index contributed by atoms with van der Waals surface area (Å²) >= 11 is 12.7. The number of nitrogens with one attached hydrogen (secondary N) is 1. The molecule has 32 heavy (non-hydrogen) atoms. The Kier molecular flexibility index (Phi) is 10.1. The van der Waals surface area contributed by atoms with Crippen LogP contribution in [0.15, 0.2) is 36.4 Å². The number of rotatable bonds is 11. The molecule has 0 aliphatic rings. The van der Waals surface area contributed by atoms with E-state index in [-0.39, 0.29) is 24.8 Å². The lowest BCUT2D eigenvalue weighted by Crippen LogP contribution is -2.47. The normalized spacial score (nSPS) is 11.6. The zero-order valence-electron chi connectivity index (χ0n) is 18.9. The molecule has 0 saturated heterocycles. The fourth-order valence-electron chi connectivity index (χ4n) is 3.26. The van der Waals surface area contributed by atoms with Crippen LogP contribution < -0.4 is 14.8 Å². The van der Waals surface area contributed by atoms with Gasteiger partial charge in [-0.15, -0.1) is 0 Å². The predicted octanol–water partition coefficient (Wildman–Crippen LogP) is 4.89. The molecule has 0 spiro atoms. The third-order valence-electron chi connectivity index (χ3n) is 5.18. The molecule has 0 unspecified atom stereocenters. The second-order valence-electron chi connectivity index (χ2n) is 7.38. The van der Waals surface area contributed by atoms with Crippen LogP contribution >= 0.6 is 23.2 Å². The quantitative estimate of drug-likeness (QED) is 0.497. The van der Waals surface area contributed by atoms with Crippen LogP contribution in [0, 0.1) is 0 Å². The number of carbonyl (C=O) groups excluding carboxylic acids is 2. The number of hydrogen-bond donors (Lipinski definition) is 1. The lowest BCUT2D eigenvalue weighted by molar-refractivity contribution is -0.140. The van der Waals surface area contributed by atoms with E-state index >= 15 is 0 Å². The molecule has 174 valence electrons. The van der Waals surface area contributed by atoms with Crippen LogP contribution in [0.2, 0.25) is 10.0 Å². The smallest absolute Gasteiger partial charge is 0.242 e. The van der Waals surface area contributed by atoms with Crippen molar-refractivity contribution in [2.45, 2.75) is 45.7 Å². The van der Waals surface area contributed by atoms with E-state index in [0.29, 0.717) is 40.1 Å². The van der Waals surface area contributed by atoms with Crippen molar-refractivity contribution in [3.63, 3.8) is 0 Å². The topological polar surface area (TPSA) is 67.9 Å². The molecule has 8 heteroatoms. The van der Waals surface area contributed by atoms with E-state index in [0.717, 1.165) is 12.0 Å². The molecule has 2 amide bonds. The molecule has 0 aliphatic heterocycles. The summed E-state index contributed by atoms with van der Waals surface area (Å²) in [5.74, 6) is 0.840. The Labute approximate surface area is 199 Å². The Morgan fingerprint density at radius 1 is 1.06 bits per heavy atom. The highest BCUT2D eigenvalue weighted by Crippen LogP contribution is 2.29. The van der Waals surface area contributed by atoms with Crippen LogP contribution in [0.5, 0.6) is 11.5 Å². The van der Waals surface area contributed by atoms with Gasteiger partial charge in [0, 0.05) is 35.1 Å². The fourth-order valence-corrected chi connectivity index (χ4v) is 3.78. The molecule has 2 aromatic carbocycles. The molecule has 1 N–H and O–H groups in total. The molecule has 2 rings (SSSR count). The third kappa shape index (κ3) is 6.78. The average Bonchev–Trinajstić information content (AvgIpc) is 2.80. The monoisotopic (exact) mass is 480 g/mol. The van der Waals surface area contributed by atoms with Gasteiger partial charge in [-0.2, -0.15) is 0 Å². The number of ether oxygens (including phenoxy) is 2. The van der Waals surface area contributed by atoms with Gasteiger partial charge in [-0.05, 0) is 49.6 Å². The van der Waals surface area contributed by atoms with E-state index in [1.165, 1.54) is 4.90 Å². The lowest BCUT2D eigenvalue weighted by Gasteiger charge is -2.29. The number of hydrogen-bond acceptors (Lipinski definition) is 4. The van der Waals surface area contributed by atoms with Gasteiger partial charge in [-0.3, -0.25) is 9.59 Å². The predicted molar refractivity (Wildman–Crippen MR) is 128 cm³/mol. The maximum Gasteiger partial charge on any atom is 0.242 e. The number of amides is 2. The van der Waals surface area contributed by atoms with E-state index in [4.69, 9.17) is 32.7 Å². The van der Waals surface area contributed by atoms with Crippen LogP contribution in [-0.4, -0.2) is 43.5 Å². The minimum absolute atomic E-state index is 0.143. The first-order valence-electron chi connectivity index (χ1n) is 10.5. The fraction of sp³-hybridized carbons (Fsp3) is 0.417. The van der Waals surface area contributed by atoms with Crippen LogP contribution in [0.25, 0.3) is 0 Å². The van der Waals surface area contributed by atoms with Crippen molar-refractivity contribution in [2.75, 3.05) is 20.8 Å². The molecule has 0 radical (unpaired) electrons. The molecular weight excluding hydrogens is 451 g/mol. The van der Waals surface area contributed by atoms with E-state index in [1.807, 2.05) is 19.1 Å². The molecule has 0 aromatic heterocycles. The van der Waals surface area contributed by atoms with Gasteiger partial charge in [-0.25, -0.2) is 0 Å². The van der Waals surface area contributed by atoms with E-state index in [1.54, 1.807) is 45.4 Å². The van der Waals surface area contributed by atoms with Crippen LogP contribution in [0.4, 0.5) is 0 Å². The van der Waals surface area contributed by atoms with Crippen molar-refractivity contribution in [2.24, 2.45) is 0 Å². The number of aryl methyl sites for hydroxylation is 1. The summed E-state index contributed by atoms with van der Waals surface area (Å²) in [6.45, 7) is 4.37. The van der Waals surface area contributed by atoms with Crippen molar-refractivity contribution in [3.05, 3.63) is 57.6 Å². The molecule has 0 bridgehead atoms.